The molecule has 1 aliphatic rings. The minimum absolute atomic E-state index is 0.280. The summed E-state index contributed by atoms with van der Waals surface area (Å²) in [5, 5.41) is 3.60. The molecule has 1 aliphatic carbocycles. The van der Waals surface area contributed by atoms with Crippen molar-refractivity contribution in [3.8, 4) is 5.75 Å². The van der Waals surface area contributed by atoms with Crippen LogP contribution in [-0.2, 0) is 4.74 Å². The molecule has 2 unspecified atom stereocenters. The molecule has 0 aromatic heterocycles. The normalized spacial score (nSPS) is 17.5. The van der Waals surface area contributed by atoms with Crippen LogP contribution in [0.2, 0.25) is 0 Å². The lowest BCUT2D eigenvalue weighted by Crippen LogP contribution is -2.35. The summed E-state index contributed by atoms with van der Waals surface area (Å²) in [7, 11) is 0. The van der Waals surface area contributed by atoms with Crippen molar-refractivity contribution in [2.45, 2.75) is 52.2 Å². The van der Waals surface area contributed by atoms with Gasteiger partial charge in [0.15, 0.2) is 0 Å². The molecular weight excluding hydrogens is 262 g/mol. The summed E-state index contributed by atoms with van der Waals surface area (Å²) in [6, 6.07) is 8.78. The fraction of sp³-hybridized carbons (Fsp3) is 0.667. The number of hydrogen-bond donors (Lipinski definition) is 1. The monoisotopic (exact) mass is 291 g/mol. The third kappa shape index (κ3) is 4.72. The Labute approximate surface area is 129 Å². The summed E-state index contributed by atoms with van der Waals surface area (Å²) in [5.41, 5.74) is 1.30. The number of likely N-dealkylation sites (N-methyl/N-ethyl adjacent to an activating group) is 1. The first-order chi connectivity index (χ1) is 10.3. The molecule has 0 heterocycles. The Balaban J connectivity index is 2.08. The van der Waals surface area contributed by atoms with Crippen LogP contribution >= 0.6 is 0 Å². The second kappa shape index (κ2) is 8.40. The molecule has 0 radical (unpaired) electrons. The molecule has 2 atom stereocenters. The van der Waals surface area contributed by atoms with Gasteiger partial charge in [-0.2, -0.15) is 0 Å². The van der Waals surface area contributed by atoms with E-state index in [0.717, 1.165) is 31.9 Å². The molecule has 118 valence electrons. The van der Waals surface area contributed by atoms with Gasteiger partial charge in [-0.25, -0.2) is 0 Å². The van der Waals surface area contributed by atoms with E-state index in [0.29, 0.717) is 5.92 Å². The van der Waals surface area contributed by atoms with Gasteiger partial charge in [-0.15, -0.1) is 0 Å². The summed E-state index contributed by atoms with van der Waals surface area (Å²) in [6.45, 7) is 8.87. The fourth-order valence-electron chi connectivity index (χ4n) is 2.76. The number of rotatable bonds is 10. The van der Waals surface area contributed by atoms with Gasteiger partial charge in [0.1, 0.15) is 5.75 Å². The molecule has 0 saturated heterocycles. The Morgan fingerprint density at radius 3 is 2.38 bits per heavy atom. The topological polar surface area (TPSA) is 30.5 Å². The van der Waals surface area contributed by atoms with Crippen molar-refractivity contribution in [2.24, 2.45) is 5.92 Å². The molecule has 21 heavy (non-hydrogen) atoms. The molecule has 2 rings (SSSR count). The van der Waals surface area contributed by atoms with Gasteiger partial charge in [-0.1, -0.05) is 26.0 Å². The van der Waals surface area contributed by atoms with Gasteiger partial charge in [-0.3, -0.25) is 0 Å². The first kappa shape index (κ1) is 16.3. The maximum Gasteiger partial charge on any atom is 0.119 e. The molecule has 1 N–H and O–H groups in total. The zero-order valence-corrected chi connectivity index (χ0v) is 13.6. The third-order valence-corrected chi connectivity index (χ3v) is 3.91. The van der Waals surface area contributed by atoms with E-state index < -0.39 is 0 Å². The second-order valence-corrected chi connectivity index (χ2v) is 5.71. The Hall–Kier alpha value is -1.06. The number of ether oxygens (including phenoxy) is 2. The average molecular weight is 291 g/mol. The molecule has 0 spiro atoms. The van der Waals surface area contributed by atoms with Gasteiger partial charge in [0.2, 0.25) is 0 Å². The smallest absolute Gasteiger partial charge is 0.119 e. The van der Waals surface area contributed by atoms with E-state index in [1.807, 2.05) is 0 Å². The average Bonchev–Trinajstić information content (AvgIpc) is 3.34. The summed E-state index contributed by atoms with van der Waals surface area (Å²) < 4.78 is 11.7. The van der Waals surface area contributed by atoms with E-state index >= 15 is 0 Å². The minimum Gasteiger partial charge on any atom is -0.494 e. The van der Waals surface area contributed by atoms with Crippen molar-refractivity contribution < 1.29 is 9.47 Å². The second-order valence-electron chi connectivity index (χ2n) is 5.71. The maximum absolute atomic E-state index is 6.04. The zero-order valence-electron chi connectivity index (χ0n) is 13.6. The van der Waals surface area contributed by atoms with Gasteiger partial charge in [0, 0.05) is 6.61 Å². The molecule has 1 aromatic rings. The van der Waals surface area contributed by atoms with Gasteiger partial charge in [0.05, 0.1) is 18.8 Å². The molecular formula is C18H29NO2. The Morgan fingerprint density at radius 2 is 1.86 bits per heavy atom. The van der Waals surface area contributed by atoms with Crippen LogP contribution in [0.5, 0.6) is 5.75 Å². The Bertz CT molecular complexity index is 400. The molecule has 1 saturated carbocycles. The lowest BCUT2D eigenvalue weighted by Gasteiger charge is -2.28. The molecule has 3 heteroatoms. The van der Waals surface area contributed by atoms with Crippen LogP contribution < -0.4 is 10.1 Å². The van der Waals surface area contributed by atoms with Crippen LogP contribution in [0.3, 0.4) is 0 Å². The van der Waals surface area contributed by atoms with Crippen molar-refractivity contribution in [2.75, 3.05) is 19.8 Å². The van der Waals surface area contributed by atoms with E-state index in [1.165, 1.54) is 18.4 Å². The quantitative estimate of drug-likeness (QED) is 0.708. The van der Waals surface area contributed by atoms with E-state index in [-0.39, 0.29) is 12.1 Å². The molecule has 1 aromatic carbocycles. The minimum atomic E-state index is 0.280. The van der Waals surface area contributed by atoms with E-state index in [2.05, 4.69) is 50.4 Å². The van der Waals surface area contributed by atoms with E-state index in [9.17, 15) is 0 Å². The lowest BCUT2D eigenvalue weighted by atomic mass is 9.97. The van der Waals surface area contributed by atoms with E-state index in [4.69, 9.17) is 9.47 Å². The van der Waals surface area contributed by atoms with Crippen LogP contribution in [0.25, 0.3) is 0 Å². The maximum atomic E-state index is 6.04. The van der Waals surface area contributed by atoms with Crippen LogP contribution in [0.4, 0.5) is 0 Å². The van der Waals surface area contributed by atoms with Crippen molar-refractivity contribution in [1.82, 2.24) is 5.32 Å². The third-order valence-electron chi connectivity index (χ3n) is 3.91. The predicted octanol–water partition coefficient (Wildman–Crippen LogP) is 3.94. The van der Waals surface area contributed by atoms with Crippen LogP contribution in [0.15, 0.2) is 24.3 Å². The molecule has 3 nitrogen and oxygen atoms in total. The van der Waals surface area contributed by atoms with Gasteiger partial charge < -0.3 is 14.8 Å². The SMILES string of the molecule is CCCOc1ccc(C(NCC)C(OCC)C2CC2)cc1. The molecule has 0 aliphatic heterocycles. The van der Waals surface area contributed by atoms with Crippen molar-refractivity contribution in [3.63, 3.8) is 0 Å². The first-order valence-corrected chi connectivity index (χ1v) is 8.37. The van der Waals surface area contributed by atoms with Gasteiger partial charge in [-0.05, 0) is 56.3 Å². The first-order valence-electron chi connectivity index (χ1n) is 8.37. The van der Waals surface area contributed by atoms with Crippen LogP contribution in [0, 0.1) is 5.92 Å². The summed E-state index contributed by atoms with van der Waals surface area (Å²) in [5.74, 6) is 1.67. The number of hydrogen-bond acceptors (Lipinski definition) is 3. The lowest BCUT2D eigenvalue weighted by molar-refractivity contribution is 0.0189. The van der Waals surface area contributed by atoms with Crippen molar-refractivity contribution in [1.29, 1.82) is 0 Å². The number of nitrogens with one attached hydrogen (secondary N) is 1. The van der Waals surface area contributed by atoms with Crippen LogP contribution in [0.1, 0.15) is 51.6 Å². The zero-order chi connectivity index (χ0) is 15.1. The molecule has 0 bridgehead atoms. The predicted molar refractivity (Wildman–Crippen MR) is 86.8 cm³/mol. The highest BCUT2D eigenvalue weighted by Crippen LogP contribution is 2.40. The standard InChI is InChI=1S/C18H29NO2/c1-4-13-21-16-11-9-14(10-12-16)17(19-5-2)18(20-6-3)15-7-8-15/h9-12,15,17-19H,4-8,13H2,1-3H3. The summed E-state index contributed by atoms with van der Waals surface area (Å²) in [4.78, 5) is 0. The van der Waals surface area contributed by atoms with Crippen LogP contribution in [-0.4, -0.2) is 25.9 Å². The van der Waals surface area contributed by atoms with Gasteiger partial charge in [0.25, 0.3) is 0 Å². The highest BCUT2D eigenvalue weighted by Gasteiger charge is 2.37. The largest absolute Gasteiger partial charge is 0.494 e. The Morgan fingerprint density at radius 1 is 1.14 bits per heavy atom. The fourth-order valence-corrected chi connectivity index (χ4v) is 2.76. The van der Waals surface area contributed by atoms with E-state index in [1.54, 1.807) is 0 Å². The van der Waals surface area contributed by atoms with Gasteiger partial charge >= 0.3 is 0 Å². The molecule has 0 amide bonds. The van der Waals surface area contributed by atoms with Crippen molar-refractivity contribution in [3.05, 3.63) is 29.8 Å². The highest BCUT2D eigenvalue weighted by atomic mass is 16.5. The highest BCUT2D eigenvalue weighted by molar-refractivity contribution is 5.30. The summed E-state index contributed by atoms with van der Waals surface area (Å²) >= 11 is 0. The number of benzene rings is 1. The molecule has 1 fully saturated rings. The summed E-state index contributed by atoms with van der Waals surface area (Å²) in [6.07, 6.45) is 3.92. The van der Waals surface area contributed by atoms with Crippen molar-refractivity contribution >= 4 is 0 Å². The Kier molecular flexibility index (Phi) is 6.52.